The second-order valence-electron chi connectivity index (χ2n) is 8.57. The lowest BCUT2D eigenvalue weighted by molar-refractivity contribution is -0.122. The lowest BCUT2D eigenvalue weighted by Gasteiger charge is -2.32. The van der Waals surface area contributed by atoms with E-state index in [4.69, 9.17) is 0 Å². The van der Waals surface area contributed by atoms with E-state index in [2.05, 4.69) is 29.3 Å². The number of carbonyl (C=O) groups excluding carboxylic acids is 1. The summed E-state index contributed by atoms with van der Waals surface area (Å²) in [5.74, 6) is 0.474. The number of nitrogens with zero attached hydrogens (tertiary/aromatic N) is 2. The molecule has 1 aliphatic heterocycles. The maximum Gasteiger partial charge on any atom is 0.235 e. The van der Waals surface area contributed by atoms with Crippen LogP contribution in [0.4, 0.5) is 5.69 Å². The zero-order valence-corrected chi connectivity index (χ0v) is 19.4. The Morgan fingerprint density at radius 2 is 1.71 bits per heavy atom. The van der Waals surface area contributed by atoms with Crippen molar-refractivity contribution in [2.75, 3.05) is 30.8 Å². The molecule has 2 aromatic carbocycles. The summed E-state index contributed by atoms with van der Waals surface area (Å²) in [6, 6.07) is 17.4. The molecule has 1 amide bonds. The molecule has 0 bridgehead atoms. The summed E-state index contributed by atoms with van der Waals surface area (Å²) in [6.07, 6.45) is 3.56. The molecule has 3 rings (SSSR count). The SMILES string of the molecule is CC1CCN(c2ccc([C@@H](C)NC(=O)CN(Cc3ccccc3)S(C)(=O)=O)cc2)CC1. The zero-order valence-electron chi connectivity index (χ0n) is 18.6. The second-order valence-corrected chi connectivity index (χ2v) is 10.5. The first-order chi connectivity index (χ1) is 14.7. The first kappa shape index (κ1) is 23.3. The molecule has 0 radical (unpaired) electrons. The molecule has 0 aliphatic carbocycles. The van der Waals surface area contributed by atoms with Gasteiger partial charge in [-0.05, 0) is 48.9 Å². The molecule has 168 valence electrons. The van der Waals surface area contributed by atoms with Crippen molar-refractivity contribution >= 4 is 21.6 Å². The maximum atomic E-state index is 12.6. The highest BCUT2D eigenvalue weighted by atomic mass is 32.2. The van der Waals surface area contributed by atoms with Gasteiger partial charge in [-0.15, -0.1) is 0 Å². The Kier molecular flexibility index (Phi) is 7.73. The molecule has 1 N–H and O–H groups in total. The van der Waals surface area contributed by atoms with Crippen LogP contribution in [0.3, 0.4) is 0 Å². The van der Waals surface area contributed by atoms with Gasteiger partial charge in [0.05, 0.1) is 18.8 Å². The molecule has 0 unspecified atom stereocenters. The van der Waals surface area contributed by atoms with E-state index in [9.17, 15) is 13.2 Å². The molecule has 0 spiro atoms. The minimum Gasteiger partial charge on any atom is -0.372 e. The number of nitrogens with one attached hydrogen (secondary N) is 1. The molecule has 1 aliphatic rings. The summed E-state index contributed by atoms with van der Waals surface area (Å²) in [4.78, 5) is 15.0. The summed E-state index contributed by atoms with van der Waals surface area (Å²) in [5.41, 5.74) is 3.05. The van der Waals surface area contributed by atoms with Gasteiger partial charge in [0, 0.05) is 25.3 Å². The highest BCUT2D eigenvalue weighted by Gasteiger charge is 2.22. The number of anilines is 1. The normalized spacial score (nSPS) is 16.3. The summed E-state index contributed by atoms with van der Waals surface area (Å²) in [6.45, 7) is 6.34. The fraction of sp³-hybridized carbons (Fsp3) is 0.458. The summed E-state index contributed by atoms with van der Waals surface area (Å²) in [5, 5.41) is 2.93. The van der Waals surface area contributed by atoms with Crippen LogP contribution in [0, 0.1) is 5.92 Å². The van der Waals surface area contributed by atoms with E-state index in [0.717, 1.165) is 36.4 Å². The third kappa shape index (κ3) is 6.80. The summed E-state index contributed by atoms with van der Waals surface area (Å²) < 4.78 is 25.6. The van der Waals surface area contributed by atoms with Crippen LogP contribution < -0.4 is 10.2 Å². The first-order valence-electron chi connectivity index (χ1n) is 10.9. The Morgan fingerprint density at radius 3 is 2.29 bits per heavy atom. The third-order valence-electron chi connectivity index (χ3n) is 5.91. The standard InChI is InChI=1S/C24H33N3O3S/c1-19-13-15-26(16-14-19)23-11-9-22(10-12-23)20(2)25-24(28)18-27(31(3,29)30)17-21-7-5-4-6-8-21/h4-12,19-20H,13-18H2,1-3H3,(H,25,28)/t20-/m1/s1. The minimum atomic E-state index is -3.51. The summed E-state index contributed by atoms with van der Waals surface area (Å²) >= 11 is 0. The Labute approximate surface area is 186 Å². The Hall–Kier alpha value is -2.38. The Bertz CT molecular complexity index is 953. The highest BCUT2D eigenvalue weighted by Crippen LogP contribution is 2.24. The number of sulfonamides is 1. The van der Waals surface area contributed by atoms with Gasteiger partial charge in [-0.3, -0.25) is 4.79 Å². The molecule has 0 aromatic heterocycles. The van der Waals surface area contributed by atoms with Crippen molar-refractivity contribution in [1.29, 1.82) is 0 Å². The fourth-order valence-corrected chi connectivity index (χ4v) is 4.58. The molecule has 1 atom stereocenters. The molecule has 1 fully saturated rings. The van der Waals surface area contributed by atoms with E-state index in [-0.39, 0.29) is 25.0 Å². The smallest absolute Gasteiger partial charge is 0.235 e. The molecule has 1 saturated heterocycles. The third-order valence-corrected chi connectivity index (χ3v) is 7.11. The van der Waals surface area contributed by atoms with Crippen molar-refractivity contribution < 1.29 is 13.2 Å². The number of hydrogen-bond donors (Lipinski definition) is 1. The van der Waals surface area contributed by atoms with Crippen LogP contribution >= 0.6 is 0 Å². The molecule has 1 heterocycles. The average Bonchev–Trinajstić information content (AvgIpc) is 2.74. The van der Waals surface area contributed by atoms with Crippen LogP contribution in [0.2, 0.25) is 0 Å². The van der Waals surface area contributed by atoms with E-state index in [1.807, 2.05) is 49.4 Å². The predicted molar refractivity (Wildman–Crippen MR) is 125 cm³/mol. The number of hydrogen-bond acceptors (Lipinski definition) is 4. The van der Waals surface area contributed by atoms with Crippen molar-refractivity contribution in [3.63, 3.8) is 0 Å². The average molecular weight is 444 g/mol. The van der Waals surface area contributed by atoms with Crippen LogP contribution in [-0.4, -0.2) is 44.5 Å². The zero-order chi connectivity index (χ0) is 22.4. The van der Waals surface area contributed by atoms with Crippen LogP contribution in [0.25, 0.3) is 0 Å². The van der Waals surface area contributed by atoms with Gasteiger partial charge in [-0.1, -0.05) is 49.4 Å². The van der Waals surface area contributed by atoms with Crippen molar-refractivity contribution in [2.24, 2.45) is 5.92 Å². The van der Waals surface area contributed by atoms with Gasteiger partial charge >= 0.3 is 0 Å². The lowest BCUT2D eigenvalue weighted by Crippen LogP contribution is -2.40. The molecular weight excluding hydrogens is 410 g/mol. The lowest BCUT2D eigenvalue weighted by atomic mass is 9.98. The second kappa shape index (κ2) is 10.3. The predicted octanol–water partition coefficient (Wildman–Crippen LogP) is 3.56. The van der Waals surface area contributed by atoms with Gasteiger partial charge < -0.3 is 10.2 Å². The number of carbonyl (C=O) groups is 1. The van der Waals surface area contributed by atoms with Crippen molar-refractivity contribution in [3.05, 3.63) is 65.7 Å². The van der Waals surface area contributed by atoms with Crippen molar-refractivity contribution in [3.8, 4) is 0 Å². The van der Waals surface area contributed by atoms with Crippen LogP contribution in [0.15, 0.2) is 54.6 Å². The monoisotopic (exact) mass is 443 g/mol. The largest absolute Gasteiger partial charge is 0.372 e. The van der Waals surface area contributed by atoms with Gasteiger partial charge in [-0.25, -0.2) is 8.42 Å². The topological polar surface area (TPSA) is 69.7 Å². The number of amides is 1. The van der Waals surface area contributed by atoms with Gasteiger partial charge in [0.2, 0.25) is 15.9 Å². The van der Waals surface area contributed by atoms with Gasteiger partial charge in [0.15, 0.2) is 0 Å². The van der Waals surface area contributed by atoms with Crippen molar-refractivity contribution in [1.82, 2.24) is 9.62 Å². The fourth-order valence-electron chi connectivity index (χ4n) is 3.85. The van der Waals surface area contributed by atoms with Crippen molar-refractivity contribution in [2.45, 2.75) is 39.3 Å². The molecular formula is C24H33N3O3S. The Balaban J connectivity index is 1.58. The number of rotatable bonds is 8. The number of benzene rings is 2. The first-order valence-corrected chi connectivity index (χ1v) is 12.7. The molecule has 2 aromatic rings. The van der Waals surface area contributed by atoms with E-state index in [1.165, 1.54) is 22.8 Å². The quantitative estimate of drug-likeness (QED) is 0.677. The van der Waals surface area contributed by atoms with Gasteiger partial charge in [0.1, 0.15) is 0 Å². The minimum absolute atomic E-state index is 0.171. The Morgan fingerprint density at radius 1 is 1.10 bits per heavy atom. The van der Waals surface area contributed by atoms with Gasteiger partial charge in [-0.2, -0.15) is 4.31 Å². The molecule has 7 heteroatoms. The van der Waals surface area contributed by atoms with Crippen LogP contribution in [0.5, 0.6) is 0 Å². The van der Waals surface area contributed by atoms with Crippen LogP contribution in [0.1, 0.15) is 43.9 Å². The van der Waals surface area contributed by atoms with E-state index < -0.39 is 10.0 Å². The maximum absolute atomic E-state index is 12.6. The number of piperidine rings is 1. The van der Waals surface area contributed by atoms with E-state index >= 15 is 0 Å². The summed E-state index contributed by atoms with van der Waals surface area (Å²) in [7, 11) is -3.51. The van der Waals surface area contributed by atoms with Crippen LogP contribution in [-0.2, 0) is 21.4 Å². The van der Waals surface area contributed by atoms with Gasteiger partial charge in [0.25, 0.3) is 0 Å². The van der Waals surface area contributed by atoms with E-state index in [1.54, 1.807) is 0 Å². The van der Waals surface area contributed by atoms with E-state index in [0.29, 0.717) is 0 Å². The molecule has 0 saturated carbocycles. The highest BCUT2D eigenvalue weighted by molar-refractivity contribution is 7.88. The molecule has 31 heavy (non-hydrogen) atoms. The molecule has 6 nitrogen and oxygen atoms in total.